The van der Waals surface area contributed by atoms with Crippen molar-refractivity contribution in [3.8, 4) is 5.75 Å². The summed E-state index contributed by atoms with van der Waals surface area (Å²) in [5.74, 6) is 0.0739. The Bertz CT molecular complexity index is 823. The second-order valence-electron chi connectivity index (χ2n) is 5.39. The summed E-state index contributed by atoms with van der Waals surface area (Å²) in [6, 6.07) is 9.97. The number of nitrogens with one attached hydrogen (secondary N) is 2. The van der Waals surface area contributed by atoms with Crippen molar-refractivity contribution in [2.45, 2.75) is 13.0 Å². The molecule has 1 aliphatic heterocycles. The fraction of sp³-hybridized carbons (Fsp3) is 0.176. The molecule has 124 valence electrons. The molecule has 5 nitrogen and oxygen atoms in total. The minimum absolute atomic E-state index is 0.00585. The van der Waals surface area contributed by atoms with E-state index in [1.54, 1.807) is 30.3 Å². The topological polar surface area (TPSA) is 67.4 Å². The molecule has 2 aromatic rings. The van der Waals surface area contributed by atoms with Gasteiger partial charge in [-0.2, -0.15) is 0 Å². The highest BCUT2D eigenvalue weighted by atomic mass is 35.5. The van der Waals surface area contributed by atoms with Gasteiger partial charge in [-0.25, -0.2) is 0 Å². The van der Waals surface area contributed by atoms with Crippen LogP contribution in [0.25, 0.3) is 0 Å². The van der Waals surface area contributed by atoms with Gasteiger partial charge in [0.1, 0.15) is 5.75 Å². The highest BCUT2D eigenvalue weighted by Gasteiger charge is 2.19. The lowest BCUT2D eigenvalue weighted by molar-refractivity contribution is -0.118. The molecule has 1 heterocycles. The summed E-state index contributed by atoms with van der Waals surface area (Å²) in [6.45, 7) is 1.84. The molecule has 24 heavy (non-hydrogen) atoms. The molecule has 1 aliphatic rings. The van der Waals surface area contributed by atoms with E-state index in [9.17, 15) is 9.59 Å². The van der Waals surface area contributed by atoms with E-state index in [-0.39, 0.29) is 29.5 Å². The van der Waals surface area contributed by atoms with Crippen LogP contribution in [0.3, 0.4) is 0 Å². The highest BCUT2D eigenvalue weighted by Crippen LogP contribution is 2.31. The van der Waals surface area contributed by atoms with Crippen LogP contribution in [-0.2, 0) is 4.79 Å². The van der Waals surface area contributed by atoms with E-state index < -0.39 is 0 Å². The number of halogens is 2. The number of carbonyl (C=O) groups is 2. The fourth-order valence-corrected chi connectivity index (χ4v) is 2.79. The number of hydrogen-bond donors (Lipinski definition) is 2. The van der Waals surface area contributed by atoms with Crippen molar-refractivity contribution >= 4 is 40.7 Å². The summed E-state index contributed by atoms with van der Waals surface area (Å²) < 4.78 is 5.32. The largest absolute Gasteiger partial charge is 0.482 e. The van der Waals surface area contributed by atoms with Gasteiger partial charge >= 0.3 is 0 Å². The minimum atomic E-state index is -0.326. The minimum Gasteiger partial charge on any atom is -0.482 e. The second kappa shape index (κ2) is 6.71. The van der Waals surface area contributed by atoms with Crippen molar-refractivity contribution < 1.29 is 14.3 Å². The molecule has 2 aromatic carbocycles. The third-order valence-electron chi connectivity index (χ3n) is 3.68. The Morgan fingerprint density at radius 3 is 2.88 bits per heavy atom. The Balaban J connectivity index is 1.78. The molecule has 3 rings (SSSR count). The number of hydrogen-bond acceptors (Lipinski definition) is 3. The van der Waals surface area contributed by atoms with Gasteiger partial charge in [-0.05, 0) is 36.8 Å². The lowest BCUT2D eigenvalue weighted by atomic mass is 10.1. The lowest BCUT2D eigenvalue weighted by Gasteiger charge is -2.21. The zero-order valence-corrected chi connectivity index (χ0v) is 14.2. The summed E-state index contributed by atoms with van der Waals surface area (Å²) >= 11 is 12.0. The van der Waals surface area contributed by atoms with Crippen LogP contribution in [0.1, 0.15) is 28.9 Å². The maximum absolute atomic E-state index is 12.4. The van der Waals surface area contributed by atoms with Gasteiger partial charge in [-0.15, -0.1) is 0 Å². The molecule has 0 fully saturated rings. The van der Waals surface area contributed by atoms with Gasteiger partial charge in [-0.1, -0.05) is 35.3 Å². The van der Waals surface area contributed by atoms with Crippen LogP contribution in [-0.4, -0.2) is 18.4 Å². The Morgan fingerprint density at radius 1 is 1.29 bits per heavy atom. The number of fused-ring (bicyclic) bond motifs is 1. The number of ether oxygens (including phenoxy) is 1. The smallest absolute Gasteiger partial charge is 0.262 e. The first-order valence-electron chi connectivity index (χ1n) is 7.27. The van der Waals surface area contributed by atoms with Gasteiger partial charge in [0.25, 0.3) is 11.8 Å². The van der Waals surface area contributed by atoms with Crippen LogP contribution < -0.4 is 15.4 Å². The Labute approximate surface area is 148 Å². The zero-order valence-electron chi connectivity index (χ0n) is 12.7. The van der Waals surface area contributed by atoms with Crippen molar-refractivity contribution in [3.63, 3.8) is 0 Å². The Hall–Kier alpha value is -2.24. The van der Waals surface area contributed by atoms with Crippen LogP contribution in [0.15, 0.2) is 36.4 Å². The summed E-state index contributed by atoms with van der Waals surface area (Å²) in [5.41, 5.74) is 1.72. The van der Waals surface area contributed by atoms with E-state index in [0.29, 0.717) is 22.0 Å². The second-order valence-corrected chi connectivity index (χ2v) is 6.17. The standard InChI is InChI=1S/C17H14Cl2N2O3/c1-9(20-17(23)11-3-2-4-12(18)16(11)19)10-5-6-14-13(7-10)21-15(22)8-24-14/h2-7,9H,8H2,1H3,(H,20,23)(H,21,22). The molecule has 1 atom stereocenters. The van der Waals surface area contributed by atoms with Crippen LogP contribution in [0.4, 0.5) is 5.69 Å². The van der Waals surface area contributed by atoms with E-state index in [2.05, 4.69) is 10.6 Å². The van der Waals surface area contributed by atoms with E-state index in [1.165, 1.54) is 0 Å². The van der Waals surface area contributed by atoms with Crippen LogP contribution >= 0.6 is 23.2 Å². The number of rotatable bonds is 3. The van der Waals surface area contributed by atoms with Crippen molar-refractivity contribution in [2.75, 3.05) is 11.9 Å². The third-order valence-corrected chi connectivity index (χ3v) is 4.50. The van der Waals surface area contributed by atoms with Crippen molar-refractivity contribution in [2.24, 2.45) is 0 Å². The molecule has 0 aliphatic carbocycles. The Morgan fingerprint density at radius 2 is 2.08 bits per heavy atom. The molecule has 1 unspecified atom stereocenters. The summed E-state index contributed by atoms with van der Waals surface area (Å²) in [4.78, 5) is 23.8. The third kappa shape index (κ3) is 3.32. The molecule has 2 N–H and O–H groups in total. The van der Waals surface area contributed by atoms with Crippen LogP contribution in [0.5, 0.6) is 5.75 Å². The molecule has 0 bridgehead atoms. The molecule has 2 amide bonds. The average Bonchev–Trinajstić information content (AvgIpc) is 2.56. The van der Waals surface area contributed by atoms with Gasteiger partial charge in [-0.3, -0.25) is 9.59 Å². The molecule has 0 saturated carbocycles. The van der Waals surface area contributed by atoms with Gasteiger partial charge in [0, 0.05) is 0 Å². The van der Waals surface area contributed by atoms with Crippen molar-refractivity contribution in [1.82, 2.24) is 5.32 Å². The fourth-order valence-electron chi connectivity index (χ4n) is 2.41. The monoisotopic (exact) mass is 364 g/mol. The SMILES string of the molecule is CC(NC(=O)c1cccc(Cl)c1Cl)c1ccc2c(c1)NC(=O)CO2. The predicted molar refractivity (Wildman–Crippen MR) is 92.9 cm³/mol. The molecular weight excluding hydrogens is 351 g/mol. The maximum Gasteiger partial charge on any atom is 0.262 e. The predicted octanol–water partition coefficient (Wildman–Crippen LogP) is 3.82. The molecule has 7 heteroatoms. The quantitative estimate of drug-likeness (QED) is 0.869. The molecule has 0 aromatic heterocycles. The van der Waals surface area contributed by atoms with Gasteiger partial charge in [0.2, 0.25) is 0 Å². The van der Waals surface area contributed by atoms with E-state index in [4.69, 9.17) is 27.9 Å². The van der Waals surface area contributed by atoms with E-state index >= 15 is 0 Å². The molecule has 0 spiro atoms. The van der Waals surface area contributed by atoms with Gasteiger partial charge in [0.15, 0.2) is 6.61 Å². The normalized spacial score (nSPS) is 14.2. The van der Waals surface area contributed by atoms with Crippen molar-refractivity contribution in [3.05, 3.63) is 57.6 Å². The summed E-state index contributed by atoms with van der Waals surface area (Å²) in [5, 5.41) is 6.15. The van der Waals surface area contributed by atoms with E-state index in [1.807, 2.05) is 13.0 Å². The van der Waals surface area contributed by atoms with Crippen LogP contribution in [0, 0.1) is 0 Å². The van der Waals surface area contributed by atoms with Gasteiger partial charge in [0.05, 0.1) is 27.3 Å². The number of carbonyl (C=O) groups excluding carboxylic acids is 2. The Kier molecular flexibility index (Phi) is 4.64. The van der Waals surface area contributed by atoms with Crippen LogP contribution in [0.2, 0.25) is 10.0 Å². The van der Waals surface area contributed by atoms with Crippen molar-refractivity contribution in [1.29, 1.82) is 0 Å². The first-order chi connectivity index (χ1) is 11.5. The lowest BCUT2D eigenvalue weighted by Crippen LogP contribution is -2.28. The summed E-state index contributed by atoms with van der Waals surface area (Å²) in [7, 11) is 0. The number of amides is 2. The first-order valence-corrected chi connectivity index (χ1v) is 8.03. The first kappa shape index (κ1) is 16.6. The maximum atomic E-state index is 12.4. The summed E-state index contributed by atoms with van der Waals surface area (Å²) in [6.07, 6.45) is 0. The number of benzene rings is 2. The number of anilines is 1. The van der Waals surface area contributed by atoms with Gasteiger partial charge < -0.3 is 15.4 Å². The average molecular weight is 365 g/mol. The van der Waals surface area contributed by atoms with E-state index in [0.717, 1.165) is 5.56 Å². The molecular formula is C17H14Cl2N2O3. The zero-order chi connectivity index (χ0) is 17.3. The molecule has 0 radical (unpaired) electrons. The molecule has 0 saturated heterocycles. The highest BCUT2D eigenvalue weighted by molar-refractivity contribution is 6.43.